The van der Waals surface area contributed by atoms with Crippen LogP contribution >= 0.6 is 31.9 Å². The van der Waals surface area contributed by atoms with Crippen LogP contribution in [0.3, 0.4) is 0 Å². The minimum Gasteiger partial charge on any atom is -0.298 e. The Labute approximate surface area is 133 Å². The number of carbonyl (C=O) groups excluding carboxylic acids is 1. The summed E-state index contributed by atoms with van der Waals surface area (Å²) in [7, 11) is 0. The van der Waals surface area contributed by atoms with Crippen molar-refractivity contribution in [2.75, 3.05) is 10.7 Å². The van der Waals surface area contributed by atoms with Gasteiger partial charge in [-0.05, 0) is 12.1 Å². The largest absolute Gasteiger partial charge is 0.298 e. The van der Waals surface area contributed by atoms with E-state index in [1.807, 2.05) is 0 Å². The van der Waals surface area contributed by atoms with Crippen LogP contribution in [0, 0.1) is 0 Å². The van der Waals surface area contributed by atoms with E-state index < -0.39 is 0 Å². The predicted molar refractivity (Wildman–Crippen MR) is 82.1 cm³/mol. The first-order chi connectivity index (χ1) is 9.77. The van der Waals surface area contributed by atoms with E-state index in [1.54, 1.807) is 24.5 Å². The minimum absolute atomic E-state index is 0.0659. The molecule has 5 nitrogen and oxygen atoms in total. The first-order valence-electron chi connectivity index (χ1n) is 5.95. The lowest BCUT2D eigenvalue weighted by atomic mass is 9.90. The minimum atomic E-state index is -0.324. The molecule has 0 amide bonds. The second kappa shape index (κ2) is 7.54. The monoisotopic (exact) mass is 398 g/mol. The van der Waals surface area contributed by atoms with Gasteiger partial charge < -0.3 is 0 Å². The highest BCUT2D eigenvalue weighted by Crippen LogP contribution is 2.27. The van der Waals surface area contributed by atoms with E-state index >= 15 is 0 Å². The smallest absolute Gasteiger partial charge is 0.152 e. The molecule has 0 aliphatic carbocycles. The van der Waals surface area contributed by atoms with E-state index in [2.05, 4.69) is 51.8 Å². The van der Waals surface area contributed by atoms with E-state index in [0.717, 1.165) is 0 Å². The molecule has 104 valence electrons. The first-order valence-corrected chi connectivity index (χ1v) is 8.19. The first kappa shape index (κ1) is 15.2. The molecule has 20 heavy (non-hydrogen) atoms. The van der Waals surface area contributed by atoms with Crippen molar-refractivity contribution in [3.05, 3.63) is 48.6 Å². The second-order valence-electron chi connectivity index (χ2n) is 4.08. The van der Waals surface area contributed by atoms with Gasteiger partial charge in [0.1, 0.15) is 12.7 Å². The van der Waals surface area contributed by atoms with Crippen LogP contribution in [0.1, 0.15) is 23.2 Å². The normalized spacial score (nSPS) is 13.7. The van der Waals surface area contributed by atoms with Crippen LogP contribution in [0.15, 0.2) is 37.2 Å². The molecular weight excluding hydrogens is 388 g/mol. The van der Waals surface area contributed by atoms with E-state index in [0.29, 0.717) is 22.0 Å². The van der Waals surface area contributed by atoms with Gasteiger partial charge in [0, 0.05) is 23.1 Å². The summed E-state index contributed by atoms with van der Waals surface area (Å²) < 4.78 is 0. The molecule has 0 spiro atoms. The summed E-state index contributed by atoms with van der Waals surface area (Å²) in [6, 6.07) is 3.52. The topological polar surface area (TPSA) is 68.6 Å². The lowest BCUT2D eigenvalue weighted by molar-refractivity contribution is -0.121. The van der Waals surface area contributed by atoms with Gasteiger partial charge in [-0.3, -0.25) is 4.79 Å². The Morgan fingerprint density at radius 2 is 1.40 bits per heavy atom. The molecule has 0 fully saturated rings. The molecular formula is C13H12Br2N4O. The maximum absolute atomic E-state index is 12.7. The molecule has 0 aromatic carbocycles. The molecule has 2 rings (SSSR count). The Hall–Kier alpha value is -1.21. The summed E-state index contributed by atoms with van der Waals surface area (Å²) in [5.74, 6) is -0.581. The molecule has 0 N–H and O–H groups in total. The van der Waals surface area contributed by atoms with Crippen LogP contribution < -0.4 is 0 Å². The third kappa shape index (κ3) is 3.46. The highest BCUT2D eigenvalue weighted by molar-refractivity contribution is 9.09. The fraction of sp³-hybridized carbons (Fsp3) is 0.308. The summed E-state index contributed by atoms with van der Waals surface area (Å²) in [4.78, 5) is 28.8. The second-order valence-corrected chi connectivity index (χ2v) is 5.38. The number of halogens is 2. The van der Waals surface area contributed by atoms with Crippen molar-refractivity contribution in [3.8, 4) is 0 Å². The zero-order valence-electron chi connectivity index (χ0n) is 10.5. The van der Waals surface area contributed by atoms with Crippen molar-refractivity contribution < 1.29 is 4.79 Å². The Morgan fingerprint density at radius 3 is 1.70 bits per heavy atom. The summed E-state index contributed by atoms with van der Waals surface area (Å²) in [5, 5.41) is 1.02. The SMILES string of the molecule is O=C(C(CBr)c1ccncn1)C(CBr)c1ccncn1. The molecule has 0 radical (unpaired) electrons. The van der Waals surface area contributed by atoms with Crippen LogP contribution in [0.2, 0.25) is 0 Å². The Morgan fingerprint density at radius 1 is 0.950 bits per heavy atom. The van der Waals surface area contributed by atoms with E-state index in [-0.39, 0.29) is 17.6 Å². The van der Waals surface area contributed by atoms with Gasteiger partial charge in [-0.2, -0.15) is 0 Å². The molecule has 0 saturated heterocycles. The van der Waals surface area contributed by atoms with Crippen LogP contribution in [0.4, 0.5) is 0 Å². The molecule has 2 heterocycles. The summed E-state index contributed by atoms with van der Waals surface area (Å²) in [6.45, 7) is 0. The Balaban J connectivity index is 2.28. The van der Waals surface area contributed by atoms with Crippen molar-refractivity contribution in [1.82, 2.24) is 19.9 Å². The average Bonchev–Trinajstić information content (AvgIpc) is 2.51. The van der Waals surface area contributed by atoms with Crippen molar-refractivity contribution in [3.63, 3.8) is 0 Å². The third-order valence-corrected chi connectivity index (χ3v) is 4.21. The van der Waals surface area contributed by atoms with E-state index in [1.165, 1.54) is 12.7 Å². The van der Waals surface area contributed by atoms with Gasteiger partial charge >= 0.3 is 0 Å². The van der Waals surface area contributed by atoms with Crippen LogP contribution in [-0.2, 0) is 4.79 Å². The fourth-order valence-corrected chi connectivity index (χ4v) is 3.16. The number of nitrogens with zero attached hydrogens (tertiary/aromatic N) is 4. The van der Waals surface area contributed by atoms with Gasteiger partial charge in [-0.1, -0.05) is 31.9 Å². The number of aromatic nitrogens is 4. The molecule has 7 heteroatoms. The summed E-state index contributed by atoms with van der Waals surface area (Å²) >= 11 is 6.79. The van der Waals surface area contributed by atoms with Gasteiger partial charge in [0.05, 0.1) is 23.2 Å². The number of hydrogen-bond donors (Lipinski definition) is 0. The number of hydrogen-bond acceptors (Lipinski definition) is 5. The number of ketones is 1. The zero-order chi connectivity index (χ0) is 14.4. The van der Waals surface area contributed by atoms with Crippen LogP contribution in [-0.4, -0.2) is 36.4 Å². The van der Waals surface area contributed by atoms with Crippen molar-refractivity contribution >= 4 is 37.6 Å². The van der Waals surface area contributed by atoms with Gasteiger partial charge in [0.2, 0.25) is 0 Å². The van der Waals surface area contributed by atoms with E-state index in [4.69, 9.17) is 0 Å². The molecule has 2 atom stereocenters. The molecule has 0 saturated carbocycles. The average molecular weight is 400 g/mol. The van der Waals surface area contributed by atoms with Gasteiger partial charge in [0.25, 0.3) is 0 Å². The predicted octanol–water partition coefficient (Wildman–Crippen LogP) is 2.49. The quantitative estimate of drug-likeness (QED) is 0.698. The van der Waals surface area contributed by atoms with E-state index in [9.17, 15) is 4.79 Å². The highest BCUT2D eigenvalue weighted by atomic mass is 79.9. The molecule has 2 aromatic heterocycles. The number of carbonyl (C=O) groups is 1. The zero-order valence-corrected chi connectivity index (χ0v) is 13.7. The maximum atomic E-state index is 12.7. The Bertz CT molecular complexity index is 503. The molecule has 2 aromatic rings. The van der Waals surface area contributed by atoms with Crippen molar-refractivity contribution in [1.29, 1.82) is 0 Å². The highest BCUT2D eigenvalue weighted by Gasteiger charge is 2.29. The van der Waals surface area contributed by atoms with Gasteiger partial charge in [0.15, 0.2) is 5.78 Å². The van der Waals surface area contributed by atoms with Crippen molar-refractivity contribution in [2.45, 2.75) is 11.8 Å². The lowest BCUT2D eigenvalue weighted by Gasteiger charge is -2.18. The number of rotatable bonds is 6. The fourth-order valence-electron chi connectivity index (χ4n) is 1.86. The lowest BCUT2D eigenvalue weighted by Crippen LogP contribution is -2.24. The van der Waals surface area contributed by atoms with Gasteiger partial charge in [-0.25, -0.2) is 19.9 Å². The summed E-state index contributed by atoms with van der Waals surface area (Å²) in [5.41, 5.74) is 1.42. The number of Topliss-reactive ketones (excluding diaryl/α,β-unsaturated/α-hetero) is 1. The van der Waals surface area contributed by atoms with Crippen molar-refractivity contribution in [2.24, 2.45) is 0 Å². The van der Waals surface area contributed by atoms with Gasteiger partial charge in [-0.15, -0.1) is 0 Å². The number of alkyl halides is 2. The third-order valence-electron chi connectivity index (χ3n) is 2.92. The standard InChI is InChI=1S/C13H12Br2N4O/c14-5-9(11-1-3-16-7-18-11)13(20)10(6-15)12-2-4-17-8-19-12/h1-4,7-10H,5-6H2. The molecule has 2 unspecified atom stereocenters. The molecule has 0 bridgehead atoms. The summed E-state index contributed by atoms with van der Waals surface area (Å²) in [6.07, 6.45) is 6.18. The Kier molecular flexibility index (Phi) is 5.72. The molecule has 0 aliphatic heterocycles. The molecule has 0 aliphatic rings. The van der Waals surface area contributed by atoms with Crippen LogP contribution in [0.5, 0.6) is 0 Å². The van der Waals surface area contributed by atoms with Crippen LogP contribution in [0.25, 0.3) is 0 Å². The maximum Gasteiger partial charge on any atom is 0.152 e.